The van der Waals surface area contributed by atoms with Crippen molar-refractivity contribution >= 4 is 17.6 Å². The van der Waals surface area contributed by atoms with Crippen molar-refractivity contribution in [3.63, 3.8) is 0 Å². The summed E-state index contributed by atoms with van der Waals surface area (Å²) in [4.78, 5) is 28.4. The highest BCUT2D eigenvalue weighted by Crippen LogP contribution is 2.27. The van der Waals surface area contributed by atoms with Crippen molar-refractivity contribution < 1.29 is 14.3 Å². The monoisotopic (exact) mass is 326 g/mol. The maximum Gasteiger partial charge on any atom is 0.356 e. The zero-order chi connectivity index (χ0) is 17.7. The molecule has 1 amide bonds. The lowest BCUT2D eigenvalue weighted by molar-refractivity contribution is 0.0519. The number of esters is 1. The molecule has 0 fully saturated rings. The Kier molecular flexibility index (Phi) is 5.68. The maximum absolute atomic E-state index is 12.5. The summed E-state index contributed by atoms with van der Waals surface area (Å²) in [5.41, 5.74) is 3.14. The minimum atomic E-state index is -0.536. The van der Waals surface area contributed by atoms with Gasteiger partial charge in [0.2, 0.25) is 0 Å². The number of anilines is 1. The van der Waals surface area contributed by atoms with Crippen molar-refractivity contribution in [2.45, 2.75) is 33.6 Å². The Morgan fingerprint density at radius 2 is 1.79 bits per heavy atom. The van der Waals surface area contributed by atoms with Crippen LogP contribution in [0.25, 0.3) is 0 Å². The first-order valence-corrected chi connectivity index (χ1v) is 7.99. The molecule has 0 atom stereocenters. The maximum atomic E-state index is 12.5. The molecule has 1 heterocycles. The average molecular weight is 326 g/mol. The van der Waals surface area contributed by atoms with Crippen LogP contribution in [0.15, 0.2) is 36.4 Å². The molecule has 5 nitrogen and oxygen atoms in total. The molecule has 1 aromatic carbocycles. The van der Waals surface area contributed by atoms with E-state index in [0.717, 1.165) is 16.8 Å². The number of nitrogens with zero attached hydrogens (tertiary/aromatic N) is 1. The fourth-order valence-electron chi connectivity index (χ4n) is 2.40. The molecule has 0 bridgehead atoms. The lowest BCUT2D eigenvalue weighted by atomic mass is 9.98. The molecule has 0 unspecified atom stereocenters. The highest BCUT2D eigenvalue weighted by Gasteiger charge is 2.16. The van der Waals surface area contributed by atoms with Crippen LogP contribution in [0, 0.1) is 6.92 Å². The number of hydrogen-bond acceptors (Lipinski definition) is 4. The Bertz CT molecular complexity index is 754. The van der Waals surface area contributed by atoms with Gasteiger partial charge in [-0.25, -0.2) is 9.78 Å². The third kappa shape index (κ3) is 3.98. The van der Waals surface area contributed by atoms with Gasteiger partial charge in [0.05, 0.1) is 6.61 Å². The summed E-state index contributed by atoms with van der Waals surface area (Å²) >= 11 is 0. The summed E-state index contributed by atoms with van der Waals surface area (Å²) in [5.74, 6) is -0.609. The van der Waals surface area contributed by atoms with Gasteiger partial charge in [0.1, 0.15) is 11.4 Å². The van der Waals surface area contributed by atoms with Crippen LogP contribution in [-0.2, 0) is 4.74 Å². The number of benzene rings is 1. The van der Waals surface area contributed by atoms with E-state index in [2.05, 4.69) is 24.1 Å². The van der Waals surface area contributed by atoms with Gasteiger partial charge in [-0.05, 0) is 43.0 Å². The van der Waals surface area contributed by atoms with Gasteiger partial charge < -0.3 is 10.1 Å². The number of ether oxygens (including phenoxy) is 1. The van der Waals surface area contributed by atoms with Crippen LogP contribution in [0.1, 0.15) is 58.8 Å². The van der Waals surface area contributed by atoms with E-state index >= 15 is 0 Å². The largest absolute Gasteiger partial charge is 0.461 e. The number of hydrogen-bond donors (Lipinski definition) is 1. The standard InChI is InChI=1S/C19H22N2O3/c1-5-24-19(23)16-11-7-10-15(20-16)18(22)21-17-13(4)8-6-9-14(17)12(2)3/h6-12H,5H2,1-4H3,(H,21,22). The average Bonchev–Trinajstić information content (AvgIpc) is 2.56. The quantitative estimate of drug-likeness (QED) is 0.845. The topological polar surface area (TPSA) is 68.3 Å². The van der Waals surface area contributed by atoms with Crippen LogP contribution < -0.4 is 5.32 Å². The second-order valence-electron chi connectivity index (χ2n) is 5.78. The third-order valence-electron chi connectivity index (χ3n) is 3.63. The molecule has 1 aromatic heterocycles. The molecule has 0 saturated heterocycles. The number of carbonyl (C=O) groups is 2. The molecule has 126 valence electrons. The van der Waals surface area contributed by atoms with Crippen LogP contribution in [0.5, 0.6) is 0 Å². The van der Waals surface area contributed by atoms with Crippen LogP contribution in [-0.4, -0.2) is 23.5 Å². The molecule has 24 heavy (non-hydrogen) atoms. The van der Waals surface area contributed by atoms with Gasteiger partial charge in [-0.15, -0.1) is 0 Å². The van der Waals surface area contributed by atoms with Crippen LogP contribution in [0.2, 0.25) is 0 Å². The smallest absolute Gasteiger partial charge is 0.356 e. The molecule has 1 N–H and O–H groups in total. The van der Waals surface area contributed by atoms with Crippen molar-refractivity contribution in [1.82, 2.24) is 4.98 Å². The zero-order valence-corrected chi connectivity index (χ0v) is 14.4. The Labute approximate surface area is 142 Å². The van der Waals surface area contributed by atoms with Crippen molar-refractivity contribution in [3.05, 3.63) is 58.9 Å². The molecule has 0 aliphatic carbocycles. The van der Waals surface area contributed by atoms with Crippen LogP contribution in [0.3, 0.4) is 0 Å². The molecule has 0 spiro atoms. The fraction of sp³-hybridized carbons (Fsp3) is 0.316. The van der Waals surface area contributed by atoms with E-state index in [-0.39, 0.29) is 29.8 Å². The number of aromatic nitrogens is 1. The minimum Gasteiger partial charge on any atom is -0.461 e. The molecule has 2 rings (SSSR count). The van der Waals surface area contributed by atoms with Crippen molar-refractivity contribution in [2.24, 2.45) is 0 Å². The van der Waals surface area contributed by atoms with Gasteiger partial charge in [0.15, 0.2) is 0 Å². The Balaban J connectivity index is 2.28. The normalized spacial score (nSPS) is 10.5. The summed E-state index contributed by atoms with van der Waals surface area (Å²) in [7, 11) is 0. The SMILES string of the molecule is CCOC(=O)c1cccc(C(=O)Nc2c(C)cccc2C(C)C)n1. The number of carbonyl (C=O) groups excluding carboxylic acids is 2. The summed E-state index contributed by atoms with van der Waals surface area (Å²) in [6, 6.07) is 10.6. The van der Waals surface area contributed by atoms with Crippen molar-refractivity contribution in [3.8, 4) is 0 Å². The zero-order valence-electron chi connectivity index (χ0n) is 14.4. The molecular weight excluding hydrogens is 304 g/mol. The first-order valence-electron chi connectivity index (χ1n) is 7.99. The molecule has 0 saturated carbocycles. The van der Waals surface area contributed by atoms with Gasteiger partial charge in [-0.1, -0.05) is 38.1 Å². The van der Waals surface area contributed by atoms with E-state index in [1.807, 2.05) is 25.1 Å². The number of para-hydroxylation sites is 1. The van der Waals surface area contributed by atoms with Gasteiger partial charge in [0, 0.05) is 5.69 Å². The van der Waals surface area contributed by atoms with Crippen LogP contribution in [0.4, 0.5) is 5.69 Å². The van der Waals surface area contributed by atoms with E-state index in [0.29, 0.717) is 0 Å². The van der Waals surface area contributed by atoms with E-state index in [4.69, 9.17) is 4.74 Å². The molecule has 0 aliphatic rings. The minimum absolute atomic E-state index is 0.123. The summed E-state index contributed by atoms with van der Waals surface area (Å²) in [6.07, 6.45) is 0. The summed E-state index contributed by atoms with van der Waals surface area (Å²) in [5, 5.41) is 2.92. The second kappa shape index (κ2) is 7.73. The second-order valence-corrected chi connectivity index (χ2v) is 5.78. The lowest BCUT2D eigenvalue weighted by Crippen LogP contribution is -2.18. The summed E-state index contributed by atoms with van der Waals surface area (Å²) < 4.78 is 4.92. The van der Waals surface area contributed by atoms with Gasteiger partial charge in [0.25, 0.3) is 5.91 Å². The molecule has 0 aliphatic heterocycles. The highest BCUT2D eigenvalue weighted by atomic mass is 16.5. The number of nitrogens with one attached hydrogen (secondary N) is 1. The van der Waals surface area contributed by atoms with Crippen LogP contribution >= 0.6 is 0 Å². The summed E-state index contributed by atoms with van der Waals surface area (Å²) in [6.45, 7) is 8.08. The molecule has 0 radical (unpaired) electrons. The number of aryl methyl sites for hydroxylation is 1. The highest BCUT2D eigenvalue weighted by molar-refractivity contribution is 6.04. The van der Waals surface area contributed by atoms with Crippen molar-refractivity contribution in [2.75, 3.05) is 11.9 Å². The van der Waals surface area contributed by atoms with Gasteiger partial charge >= 0.3 is 5.97 Å². The molecule has 5 heteroatoms. The van der Waals surface area contributed by atoms with E-state index in [9.17, 15) is 9.59 Å². The van der Waals surface area contributed by atoms with Crippen molar-refractivity contribution in [1.29, 1.82) is 0 Å². The molecular formula is C19H22N2O3. The fourth-order valence-corrected chi connectivity index (χ4v) is 2.40. The van der Waals surface area contributed by atoms with E-state index in [1.165, 1.54) is 6.07 Å². The van der Waals surface area contributed by atoms with E-state index in [1.54, 1.807) is 19.1 Å². The van der Waals surface area contributed by atoms with Gasteiger partial charge in [-0.3, -0.25) is 4.79 Å². The predicted molar refractivity (Wildman–Crippen MR) is 93.4 cm³/mol. The number of pyridine rings is 1. The lowest BCUT2D eigenvalue weighted by Gasteiger charge is -2.16. The predicted octanol–water partition coefficient (Wildman–Crippen LogP) is 3.94. The Morgan fingerprint density at radius 3 is 2.46 bits per heavy atom. The molecule has 2 aromatic rings. The third-order valence-corrected chi connectivity index (χ3v) is 3.63. The Hall–Kier alpha value is -2.69. The number of rotatable bonds is 5. The van der Waals surface area contributed by atoms with Gasteiger partial charge in [-0.2, -0.15) is 0 Å². The van der Waals surface area contributed by atoms with E-state index < -0.39 is 5.97 Å². The first-order chi connectivity index (χ1) is 11.4. The number of amides is 1. The Morgan fingerprint density at radius 1 is 1.12 bits per heavy atom. The first kappa shape index (κ1) is 17.7.